The van der Waals surface area contributed by atoms with Gasteiger partial charge in [-0.1, -0.05) is 25.7 Å². The zero-order valence-electron chi connectivity index (χ0n) is 20.3. The molecule has 2 atom stereocenters. The Morgan fingerprint density at radius 1 is 1.00 bits per heavy atom. The summed E-state index contributed by atoms with van der Waals surface area (Å²) in [5.41, 5.74) is 0.704. The van der Waals surface area contributed by atoms with Gasteiger partial charge in [0.15, 0.2) is 5.78 Å². The van der Waals surface area contributed by atoms with E-state index in [2.05, 4.69) is 10.2 Å². The van der Waals surface area contributed by atoms with Gasteiger partial charge in [-0.05, 0) is 81.8 Å². The lowest BCUT2D eigenvalue weighted by atomic mass is 9.82. The molecule has 1 aliphatic heterocycles. The van der Waals surface area contributed by atoms with E-state index in [9.17, 15) is 14.7 Å². The lowest BCUT2D eigenvalue weighted by Gasteiger charge is -2.34. The molecule has 2 fully saturated rings. The number of amides is 1. The Labute approximate surface area is 199 Å². The highest BCUT2D eigenvalue weighted by Crippen LogP contribution is 2.28. The third-order valence-corrected chi connectivity index (χ3v) is 7.26. The molecule has 2 aliphatic rings. The second-order valence-corrected chi connectivity index (χ2v) is 9.78. The number of Topliss-reactive ketones (excluding diaryl/α,β-unsaturated/α-hetero) is 1. The summed E-state index contributed by atoms with van der Waals surface area (Å²) in [6.45, 7) is 2.87. The van der Waals surface area contributed by atoms with Gasteiger partial charge in [-0.25, -0.2) is 0 Å². The van der Waals surface area contributed by atoms with Crippen LogP contribution in [0.2, 0.25) is 0 Å². The Hall–Kier alpha value is -1.92. The molecule has 33 heavy (non-hydrogen) atoms. The molecule has 3 rings (SSSR count). The van der Waals surface area contributed by atoms with Crippen molar-refractivity contribution in [3.63, 3.8) is 0 Å². The number of aliphatic hydroxyl groups is 1. The van der Waals surface area contributed by atoms with E-state index in [1.807, 2.05) is 0 Å². The predicted octanol–water partition coefficient (Wildman–Crippen LogP) is 4.35. The number of hydrogen-bond donors (Lipinski definition) is 2. The molecular formula is C27H42N2O4. The van der Waals surface area contributed by atoms with E-state index in [0.29, 0.717) is 24.3 Å². The molecule has 1 saturated carbocycles. The summed E-state index contributed by atoms with van der Waals surface area (Å²) in [4.78, 5) is 27.4. The zero-order valence-corrected chi connectivity index (χ0v) is 20.3. The number of unbranched alkanes of at least 4 members (excludes halogenated alkanes) is 2. The topological polar surface area (TPSA) is 78.9 Å². The molecule has 1 aromatic carbocycles. The average molecular weight is 459 g/mol. The second-order valence-electron chi connectivity index (χ2n) is 9.78. The number of ether oxygens (including phenoxy) is 1. The van der Waals surface area contributed by atoms with Crippen molar-refractivity contribution in [2.45, 2.75) is 89.2 Å². The molecule has 1 aliphatic carbocycles. The van der Waals surface area contributed by atoms with Gasteiger partial charge in [0.2, 0.25) is 5.91 Å². The highest BCUT2D eigenvalue weighted by molar-refractivity contribution is 5.96. The molecule has 0 spiro atoms. The summed E-state index contributed by atoms with van der Waals surface area (Å²) in [5, 5.41) is 14.2. The molecule has 1 heterocycles. The van der Waals surface area contributed by atoms with Crippen LogP contribution < -0.4 is 10.1 Å². The average Bonchev–Trinajstić information content (AvgIpc) is 3.36. The fourth-order valence-corrected chi connectivity index (χ4v) is 5.23. The van der Waals surface area contributed by atoms with Crippen LogP contribution in [-0.2, 0) is 4.79 Å². The van der Waals surface area contributed by atoms with Crippen LogP contribution in [0.1, 0.15) is 87.4 Å². The van der Waals surface area contributed by atoms with Crippen LogP contribution in [-0.4, -0.2) is 60.6 Å². The van der Waals surface area contributed by atoms with Crippen LogP contribution in [0.15, 0.2) is 24.3 Å². The molecule has 184 valence electrons. The van der Waals surface area contributed by atoms with E-state index in [1.165, 1.54) is 32.1 Å². The van der Waals surface area contributed by atoms with Gasteiger partial charge in [0, 0.05) is 24.9 Å². The van der Waals surface area contributed by atoms with Gasteiger partial charge < -0.3 is 20.1 Å². The van der Waals surface area contributed by atoms with Crippen LogP contribution in [0.5, 0.6) is 5.75 Å². The second kappa shape index (κ2) is 13.7. The molecule has 0 aromatic heterocycles. The van der Waals surface area contributed by atoms with Crippen molar-refractivity contribution in [3.8, 4) is 5.75 Å². The first-order valence-electron chi connectivity index (χ1n) is 12.9. The van der Waals surface area contributed by atoms with Gasteiger partial charge in [0.1, 0.15) is 5.75 Å². The Morgan fingerprint density at radius 3 is 2.33 bits per heavy atom. The number of ketones is 1. The van der Waals surface area contributed by atoms with Crippen LogP contribution in [0.3, 0.4) is 0 Å². The lowest BCUT2D eigenvalue weighted by Crippen LogP contribution is -2.52. The van der Waals surface area contributed by atoms with Gasteiger partial charge >= 0.3 is 0 Å². The van der Waals surface area contributed by atoms with E-state index < -0.39 is 6.10 Å². The highest BCUT2D eigenvalue weighted by Gasteiger charge is 2.31. The van der Waals surface area contributed by atoms with Gasteiger partial charge in [-0.2, -0.15) is 0 Å². The van der Waals surface area contributed by atoms with Crippen molar-refractivity contribution < 1.29 is 19.4 Å². The van der Waals surface area contributed by atoms with Crippen LogP contribution in [0.4, 0.5) is 0 Å². The molecule has 6 nitrogen and oxygen atoms in total. The largest absolute Gasteiger partial charge is 0.497 e. The van der Waals surface area contributed by atoms with Crippen molar-refractivity contribution in [1.82, 2.24) is 10.2 Å². The third-order valence-electron chi connectivity index (χ3n) is 7.26. The molecule has 6 heteroatoms. The number of methoxy groups -OCH3 is 1. The minimum atomic E-state index is -0.461. The van der Waals surface area contributed by atoms with Gasteiger partial charge in [0.05, 0.1) is 19.3 Å². The first kappa shape index (κ1) is 25.7. The van der Waals surface area contributed by atoms with Gasteiger partial charge in [-0.15, -0.1) is 0 Å². The zero-order chi connectivity index (χ0) is 23.5. The van der Waals surface area contributed by atoms with Gasteiger partial charge in [-0.3, -0.25) is 9.59 Å². The number of nitrogens with zero attached hydrogens (tertiary/aromatic N) is 1. The fourth-order valence-electron chi connectivity index (χ4n) is 5.23. The first-order valence-corrected chi connectivity index (χ1v) is 12.9. The SMILES string of the molecule is COc1ccc(C(=O)CCCCCC(=O)NC(CN2CCCC2)C(O)C2CCCCC2)cc1. The van der Waals surface area contributed by atoms with E-state index in [1.54, 1.807) is 31.4 Å². The van der Waals surface area contributed by atoms with Crippen molar-refractivity contribution in [3.05, 3.63) is 29.8 Å². The summed E-state index contributed by atoms with van der Waals surface area (Å²) in [7, 11) is 1.61. The normalized spacial score (nSPS) is 19.2. The van der Waals surface area contributed by atoms with Crippen LogP contribution >= 0.6 is 0 Å². The van der Waals surface area contributed by atoms with Crippen molar-refractivity contribution in [2.75, 3.05) is 26.7 Å². The van der Waals surface area contributed by atoms with Crippen LogP contribution in [0, 0.1) is 5.92 Å². The molecule has 1 amide bonds. The molecule has 2 N–H and O–H groups in total. The molecule has 1 aromatic rings. The maximum atomic E-state index is 12.7. The van der Waals surface area contributed by atoms with Crippen LogP contribution in [0.25, 0.3) is 0 Å². The summed E-state index contributed by atoms with van der Waals surface area (Å²) >= 11 is 0. The molecule has 0 bridgehead atoms. The molecule has 0 radical (unpaired) electrons. The summed E-state index contributed by atoms with van der Waals surface area (Å²) in [5.74, 6) is 1.20. The smallest absolute Gasteiger partial charge is 0.220 e. The number of rotatable bonds is 13. The summed E-state index contributed by atoms with van der Waals surface area (Å²) < 4.78 is 5.13. The first-order chi connectivity index (χ1) is 16.1. The molecule has 1 saturated heterocycles. The number of carbonyl (C=O) groups excluding carboxylic acids is 2. The van der Waals surface area contributed by atoms with E-state index in [4.69, 9.17) is 4.74 Å². The summed E-state index contributed by atoms with van der Waals surface area (Å²) in [6, 6.07) is 7.02. The van der Waals surface area contributed by atoms with E-state index in [-0.39, 0.29) is 17.7 Å². The lowest BCUT2D eigenvalue weighted by molar-refractivity contribution is -0.123. The van der Waals surface area contributed by atoms with Crippen molar-refractivity contribution >= 4 is 11.7 Å². The maximum Gasteiger partial charge on any atom is 0.220 e. The standard InChI is InChI=1S/C27H42N2O4/c1-33-23-16-14-21(15-17-23)25(30)12-6-3-7-13-26(31)28-24(20-29-18-8-9-19-29)27(32)22-10-4-2-5-11-22/h14-17,22,24,27,32H,2-13,18-20H2,1H3,(H,28,31). The minimum Gasteiger partial charge on any atom is -0.497 e. The Morgan fingerprint density at radius 2 is 1.67 bits per heavy atom. The Balaban J connectivity index is 1.39. The quantitative estimate of drug-likeness (QED) is 0.339. The monoisotopic (exact) mass is 458 g/mol. The van der Waals surface area contributed by atoms with E-state index >= 15 is 0 Å². The Bertz CT molecular complexity index is 724. The van der Waals surface area contributed by atoms with Gasteiger partial charge in [0.25, 0.3) is 0 Å². The Kier molecular flexibility index (Phi) is 10.7. The number of benzene rings is 1. The number of hydrogen-bond acceptors (Lipinski definition) is 5. The number of likely N-dealkylation sites (tertiary alicyclic amines) is 1. The minimum absolute atomic E-state index is 0.0236. The maximum absolute atomic E-state index is 12.7. The van der Waals surface area contributed by atoms with Crippen molar-refractivity contribution in [2.24, 2.45) is 5.92 Å². The number of aliphatic hydroxyl groups excluding tert-OH is 1. The fraction of sp³-hybridized carbons (Fsp3) is 0.704. The number of carbonyl (C=O) groups is 2. The molecule has 2 unspecified atom stereocenters. The van der Waals surface area contributed by atoms with E-state index in [0.717, 1.165) is 57.5 Å². The number of nitrogens with one attached hydrogen (secondary N) is 1. The van der Waals surface area contributed by atoms with Crippen molar-refractivity contribution in [1.29, 1.82) is 0 Å². The third kappa shape index (κ3) is 8.42. The highest BCUT2D eigenvalue weighted by atomic mass is 16.5. The predicted molar refractivity (Wildman–Crippen MR) is 131 cm³/mol. The molecular weight excluding hydrogens is 416 g/mol. The summed E-state index contributed by atoms with van der Waals surface area (Å²) in [6.07, 6.45) is 11.0.